The molecular weight excluding hydrogens is 370 g/mol. The zero-order valence-electron chi connectivity index (χ0n) is 15.4. The van der Waals surface area contributed by atoms with E-state index in [-0.39, 0.29) is 18.0 Å². The Bertz CT molecular complexity index is 1180. The molecule has 0 aliphatic carbocycles. The Balaban J connectivity index is 1.57. The fourth-order valence-electron chi connectivity index (χ4n) is 3.20. The summed E-state index contributed by atoms with van der Waals surface area (Å²) in [5, 5.41) is 1.84. The molecule has 140 valence electrons. The van der Waals surface area contributed by atoms with Gasteiger partial charge in [0.25, 0.3) is 11.5 Å². The zero-order valence-corrected chi connectivity index (χ0v) is 16.2. The lowest BCUT2D eigenvalue weighted by molar-refractivity contribution is 0.0780. The number of carbonyl (C=O) groups excluding carboxylic acids is 1. The van der Waals surface area contributed by atoms with Crippen LogP contribution in [0, 0.1) is 0 Å². The van der Waals surface area contributed by atoms with Crippen LogP contribution in [0.15, 0.2) is 70.8 Å². The second-order valence-electron chi connectivity index (χ2n) is 6.63. The summed E-state index contributed by atoms with van der Waals surface area (Å²) in [6.45, 7) is 0.236. The Morgan fingerprint density at radius 2 is 1.82 bits per heavy atom. The fraction of sp³-hybridized carbons (Fsp3) is 0.136. The molecule has 2 heterocycles. The Morgan fingerprint density at radius 1 is 1.07 bits per heavy atom. The van der Waals surface area contributed by atoms with Crippen molar-refractivity contribution >= 4 is 27.5 Å². The van der Waals surface area contributed by atoms with Crippen LogP contribution >= 0.6 is 11.3 Å². The first-order chi connectivity index (χ1) is 13.6. The van der Waals surface area contributed by atoms with Gasteiger partial charge in [-0.05, 0) is 35.1 Å². The Morgan fingerprint density at radius 3 is 2.64 bits per heavy atom. The summed E-state index contributed by atoms with van der Waals surface area (Å²) in [5.74, 6) is 0.381. The molecule has 28 heavy (non-hydrogen) atoms. The van der Waals surface area contributed by atoms with Crippen LogP contribution in [0.5, 0.6) is 0 Å². The third kappa shape index (κ3) is 3.73. The van der Waals surface area contributed by atoms with E-state index in [4.69, 9.17) is 0 Å². The minimum Gasteiger partial charge on any atom is -0.334 e. The van der Waals surface area contributed by atoms with E-state index in [9.17, 15) is 9.59 Å². The summed E-state index contributed by atoms with van der Waals surface area (Å²) in [6, 6.07) is 19.5. The van der Waals surface area contributed by atoms with Crippen molar-refractivity contribution in [3.63, 3.8) is 0 Å². The number of fused-ring (bicyclic) bond motifs is 1. The quantitative estimate of drug-likeness (QED) is 0.564. The number of carbonyl (C=O) groups is 1. The largest absolute Gasteiger partial charge is 0.334 e. The molecular formula is C22H19N3O2S. The predicted octanol–water partition coefficient (Wildman–Crippen LogP) is 3.85. The molecule has 1 amide bonds. The summed E-state index contributed by atoms with van der Waals surface area (Å²) in [4.78, 5) is 34.0. The molecule has 2 aromatic heterocycles. The molecule has 0 saturated heterocycles. The van der Waals surface area contributed by atoms with Gasteiger partial charge in [-0.2, -0.15) is 0 Å². The third-order valence-corrected chi connectivity index (χ3v) is 5.49. The van der Waals surface area contributed by atoms with Gasteiger partial charge in [-0.15, -0.1) is 11.3 Å². The Labute approximate surface area is 166 Å². The average Bonchev–Trinajstić information content (AvgIpc) is 3.18. The first kappa shape index (κ1) is 18.1. The van der Waals surface area contributed by atoms with Crippen molar-refractivity contribution in [1.82, 2.24) is 14.9 Å². The lowest BCUT2D eigenvalue weighted by Gasteiger charge is -2.18. The smallest absolute Gasteiger partial charge is 0.268 e. The van der Waals surface area contributed by atoms with Gasteiger partial charge in [-0.1, -0.05) is 48.5 Å². The van der Waals surface area contributed by atoms with Crippen LogP contribution in [-0.2, 0) is 13.0 Å². The summed E-state index contributed by atoms with van der Waals surface area (Å²) >= 11 is 1.36. The second kappa shape index (κ2) is 7.78. The SMILES string of the molecule is CN(Cc1nc2ccsc2c(=O)[nH]1)C(=O)c1ccccc1Cc1ccccc1. The van der Waals surface area contributed by atoms with E-state index in [1.54, 1.807) is 11.9 Å². The molecule has 0 fully saturated rings. The van der Waals surface area contributed by atoms with E-state index in [0.29, 0.717) is 28.0 Å². The van der Waals surface area contributed by atoms with Gasteiger partial charge in [0.2, 0.25) is 0 Å². The van der Waals surface area contributed by atoms with Crippen LogP contribution in [-0.4, -0.2) is 27.8 Å². The van der Waals surface area contributed by atoms with Gasteiger partial charge in [-0.25, -0.2) is 4.98 Å². The van der Waals surface area contributed by atoms with E-state index in [1.807, 2.05) is 53.9 Å². The molecule has 0 aliphatic heterocycles. The van der Waals surface area contributed by atoms with Crippen molar-refractivity contribution in [2.24, 2.45) is 0 Å². The highest BCUT2D eigenvalue weighted by Crippen LogP contribution is 2.18. The molecule has 6 heteroatoms. The van der Waals surface area contributed by atoms with Crippen molar-refractivity contribution < 1.29 is 4.79 Å². The maximum Gasteiger partial charge on any atom is 0.268 e. The number of benzene rings is 2. The number of aromatic nitrogens is 2. The fourth-order valence-corrected chi connectivity index (χ4v) is 3.92. The molecule has 0 bridgehead atoms. The maximum absolute atomic E-state index is 13.1. The van der Waals surface area contributed by atoms with E-state index >= 15 is 0 Å². The predicted molar refractivity (Wildman–Crippen MR) is 112 cm³/mol. The van der Waals surface area contributed by atoms with Gasteiger partial charge >= 0.3 is 0 Å². The van der Waals surface area contributed by atoms with Gasteiger partial charge in [0.1, 0.15) is 10.5 Å². The second-order valence-corrected chi connectivity index (χ2v) is 7.54. The normalized spacial score (nSPS) is 10.9. The van der Waals surface area contributed by atoms with Crippen LogP contribution in [0.2, 0.25) is 0 Å². The highest BCUT2D eigenvalue weighted by atomic mass is 32.1. The van der Waals surface area contributed by atoms with Gasteiger partial charge < -0.3 is 9.88 Å². The minimum atomic E-state index is -0.166. The lowest BCUT2D eigenvalue weighted by atomic mass is 9.99. The number of H-pyrrole nitrogens is 1. The summed E-state index contributed by atoms with van der Waals surface area (Å²) in [6.07, 6.45) is 0.687. The van der Waals surface area contributed by atoms with Crippen LogP contribution in [0.1, 0.15) is 27.3 Å². The molecule has 0 atom stereocenters. The molecule has 5 nitrogen and oxygen atoms in total. The molecule has 2 aromatic carbocycles. The number of hydrogen-bond acceptors (Lipinski definition) is 4. The molecule has 4 rings (SSSR count). The average molecular weight is 389 g/mol. The molecule has 0 radical (unpaired) electrons. The monoisotopic (exact) mass is 389 g/mol. The van der Waals surface area contributed by atoms with Gasteiger partial charge in [-0.3, -0.25) is 9.59 Å². The summed E-state index contributed by atoms with van der Waals surface area (Å²) in [7, 11) is 1.72. The number of hydrogen-bond donors (Lipinski definition) is 1. The van der Waals surface area contributed by atoms with Crippen molar-refractivity contribution in [2.45, 2.75) is 13.0 Å². The van der Waals surface area contributed by atoms with E-state index < -0.39 is 0 Å². The number of nitrogens with one attached hydrogen (secondary N) is 1. The molecule has 1 N–H and O–H groups in total. The lowest BCUT2D eigenvalue weighted by Crippen LogP contribution is -2.29. The van der Waals surface area contributed by atoms with Crippen LogP contribution in [0.4, 0.5) is 0 Å². The minimum absolute atomic E-state index is 0.0976. The summed E-state index contributed by atoms with van der Waals surface area (Å²) in [5.41, 5.74) is 3.28. The van der Waals surface area contributed by atoms with E-state index in [2.05, 4.69) is 22.1 Å². The highest BCUT2D eigenvalue weighted by molar-refractivity contribution is 7.17. The highest BCUT2D eigenvalue weighted by Gasteiger charge is 2.17. The molecule has 0 unspecified atom stereocenters. The zero-order chi connectivity index (χ0) is 19.5. The number of aromatic amines is 1. The Kier molecular flexibility index (Phi) is 5.04. The number of thiophene rings is 1. The van der Waals surface area contributed by atoms with E-state index in [0.717, 1.165) is 11.1 Å². The number of rotatable bonds is 5. The van der Waals surface area contributed by atoms with Crippen molar-refractivity contribution in [2.75, 3.05) is 7.05 Å². The van der Waals surface area contributed by atoms with Crippen LogP contribution in [0.25, 0.3) is 10.2 Å². The first-order valence-corrected chi connectivity index (χ1v) is 9.83. The van der Waals surface area contributed by atoms with Crippen LogP contribution in [0.3, 0.4) is 0 Å². The van der Waals surface area contributed by atoms with Crippen molar-refractivity contribution in [3.8, 4) is 0 Å². The molecule has 0 aliphatic rings. The van der Waals surface area contributed by atoms with Crippen LogP contribution < -0.4 is 5.56 Å². The maximum atomic E-state index is 13.1. The van der Waals surface area contributed by atoms with E-state index in [1.165, 1.54) is 11.3 Å². The van der Waals surface area contributed by atoms with Gasteiger partial charge in [0, 0.05) is 12.6 Å². The van der Waals surface area contributed by atoms with Crippen molar-refractivity contribution in [3.05, 3.63) is 98.9 Å². The molecule has 0 spiro atoms. The van der Waals surface area contributed by atoms with Crippen molar-refractivity contribution in [1.29, 1.82) is 0 Å². The third-order valence-electron chi connectivity index (χ3n) is 4.58. The Hall–Kier alpha value is -3.25. The number of nitrogens with zero attached hydrogens (tertiary/aromatic N) is 2. The summed E-state index contributed by atoms with van der Waals surface area (Å²) < 4.78 is 0.603. The van der Waals surface area contributed by atoms with Gasteiger partial charge in [0.05, 0.1) is 12.1 Å². The number of amides is 1. The molecule has 0 saturated carbocycles. The molecule has 4 aromatic rings. The standard InChI is InChI=1S/C22H19N3O2S/c1-25(14-19-23-18-11-12-28-20(18)21(26)24-19)22(27)17-10-6-5-9-16(17)13-15-7-3-2-4-8-15/h2-12H,13-14H2,1H3,(H,23,24,26). The first-order valence-electron chi connectivity index (χ1n) is 8.95. The van der Waals surface area contributed by atoms with Gasteiger partial charge in [0.15, 0.2) is 0 Å². The topological polar surface area (TPSA) is 66.1 Å².